The van der Waals surface area contributed by atoms with Gasteiger partial charge in [0, 0.05) is 0 Å². The number of alkyl halides is 1. The van der Waals surface area contributed by atoms with Gasteiger partial charge in [0.15, 0.2) is 11.5 Å². The monoisotopic (exact) mass is 200 g/mol. The highest BCUT2D eigenvalue weighted by Gasteiger charge is 2.07. The Kier molecular flexibility index (Phi) is 3.43. The Morgan fingerprint density at radius 1 is 1.15 bits per heavy atom. The molecule has 0 aliphatic rings. The van der Waals surface area contributed by atoms with Crippen molar-refractivity contribution in [1.29, 1.82) is 0 Å². The fraction of sp³-hybridized carbons (Fsp3) is 0.400. The van der Waals surface area contributed by atoms with Gasteiger partial charge in [-0.3, -0.25) is 0 Å². The summed E-state index contributed by atoms with van der Waals surface area (Å²) in [6, 6.07) is 5.67. The second kappa shape index (κ2) is 4.38. The Morgan fingerprint density at radius 3 is 2.23 bits per heavy atom. The van der Waals surface area contributed by atoms with Gasteiger partial charge in [-0.25, -0.2) is 0 Å². The number of halogens is 1. The van der Waals surface area contributed by atoms with Gasteiger partial charge >= 0.3 is 0 Å². The summed E-state index contributed by atoms with van der Waals surface area (Å²) in [5.74, 6) is 1.44. The molecule has 0 spiro atoms. The van der Waals surface area contributed by atoms with Gasteiger partial charge in [-0.2, -0.15) is 0 Å². The zero-order chi connectivity index (χ0) is 9.84. The van der Waals surface area contributed by atoms with Crippen LogP contribution in [0, 0.1) is 0 Å². The highest BCUT2D eigenvalue weighted by atomic mass is 35.5. The zero-order valence-corrected chi connectivity index (χ0v) is 8.76. The standard InChI is InChI=1S/C10H13ClO2/c1-7(11)8-4-5-9(12-2)10(6-8)13-3/h4-7H,1-3H3. The lowest BCUT2D eigenvalue weighted by Gasteiger charge is -2.10. The number of benzene rings is 1. The minimum atomic E-state index is -0.0141. The van der Waals surface area contributed by atoms with Gasteiger partial charge in [-0.15, -0.1) is 11.6 Å². The molecule has 0 saturated carbocycles. The third-order valence-corrected chi connectivity index (χ3v) is 2.12. The lowest BCUT2D eigenvalue weighted by atomic mass is 10.1. The molecule has 1 aromatic carbocycles. The van der Waals surface area contributed by atoms with Gasteiger partial charge < -0.3 is 9.47 Å². The Labute approximate surface area is 83.4 Å². The van der Waals surface area contributed by atoms with Crippen molar-refractivity contribution in [1.82, 2.24) is 0 Å². The molecule has 3 heteroatoms. The van der Waals surface area contributed by atoms with Gasteiger partial charge in [0.05, 0.1) is 19.6 Å². The Balaban J connectivity index is 3.05. The number of hydrogen-bond acceptors (Lipinski definition) is 2. The minimum Gasteiger partial charge on any atom is -0.493 e. The highest BCUT2D eigenvalue weighted by Crippen LogP contribution is 2.31. The van der Waals surface area contributed by atoms with E-state index in [1.54, 1.807) is 14.2 Å². The van der Waals surface area contributed by atoms with Crippen molar-refractivity contribution < 1.29 is 9.47 Å². The molecule has 1 atom stereocenters. The summed E-state index contributed by atoms with van der Waals surface area (Å²) >= 11 is 5.93. The molecule has 0 saturated heterocycles. The first kappa shape index (κ1) is 10.2. The molecular weight excluding hydrogens is 188 g/mol. The lowest BCUT2D eigenvalue weighted by molar-refractivity contribution is 0.354. The number of hydrogen-bond donors (Lipinski definition) is 0. The largest absolute Gasteiger partial charge is 0.493 e. The van der Waals surface area contributed by atoms with Crippen LogP contribution in [0.25, 0.3) is 0 Å². The molecule has 0 aliphatic carbocycles. The molecule has 72 valence electrons. The van der Waals surface area contributed by atoms with Gasteiger partial charge in [-0.05, 0) is 24.6 Å². The molecular formula is C10H13ClO2. The van der Waals surface area contributed by atoms with Gasteiger partial charge in [0.1, 0.15) is 0 Å². The first-order chi connectivity index (χ1) is 6.19. The van der Waals surface area contributed by atoms with Crippen molar-refractivity contribution in [2.45, 2.75) is 12.3 Å². The predicted octanol–water partition coefficient (Wildman–Crippen LogP) is 3.00. The molecule has 0 fully saturated rings. The third kappa shape index (κ3) is 2.28. The molecule has 13 heavy (non-hydrogen) atoms. The molecule has 0 amide bonds. The topological polar surface area (TPSA) is 18.5 Å². The molecule has 0 aromatic heterocycles. The molecule has 0 heterocycles. The molecule has 2 nitrogen and oxygen atoms in total. The van der Waals surface area contributed by atoms with Crippen LogP contribution >= 0.6 is 11.6 Å². The maximum atomic E-state index is 5.93. The van der Waals surface area contributed by atoms with E-state index in [4.69, 9.17) is 21.1 Å². The van der Waals surface area contributed by atoms with Crippen molar-refractivity contribution in [3.8, 4) is 11.5 Å². The van der Waals surface area contributed by atoms with Crippen molar-refractivity contribution in [2.75, 3.05) is 14.2 Å². The third-order valence-electron chi connectivity index (χ3n) is 1.87. The highest BCUT2D eigenvalue weighted by molar-refractivity contribution is 6.20. The van der Waals surface area contributed by atoms with Crippen molar-refractivity contribution >= 4 is 11.6 Å². The average molecular weight is 201 g/mol. The predicted molar refractivity (Wildman–Crippen MR) is 53.8 cm³/mol. The average Bonchev–Trinajstić information content (AvgIpc) is 2.16. The molecule has 0 aliphatic heterocycles. The van der Waals surface area contributed by atoms with Crippen LogP contribution in [0.5, 0.6) is 11.5 Å². The first-order valence-corrected chi connectivity index (χ1v) is 4.48. The number of ether oxygens (including phenoxy) is 2. The molecule has 0 N–H and O–H groups in total. The van der Waals surface area contributed by atoms with Crippen LogP contribution in [-0.2, 0) is 0 Å². The van der Waals surface area contributed by atoms with Crippen LogP contribution in [0.15, 0.2) is 18.2 Å². The smallest absolute Gasteiger partial charge is 0.161 e. The van der Waals surface area contributed by atoms with Crippen LogP contribution in [0.2, 0.25) is 0 Å². The number of methoxy groups -OCH3 is 2. The van der Waals surface area contributed by atoms with Gasteiger partial charge in [0.25, 0.3) is 0 Å². The SMILES string of the molecule is COc1ccc(C(C)Cl)cc1OC. The summed E-state index contributed by atoms with van der Waals surface area (Å²) in [4.78, 5) is 0. The molecule has 1 unspecified atom stereocenters. The Bertz CT molecular complexity index is 284. The quantitative estimate of drug-likeness (QED) is 0.699. The van der Waals surface area contributed by atoms with Crippen LogP contribution in [0.3, 0.4) is 0 Å². The van der Waals surface area contributed by atoms with E-state index in [-0.39, 0.29) is 5.38 Å². The van der Waals surface area contributed by atoms with Crippen LogP contribution in [0.4, 0.5) is 0 Å². The zero-order valence-electron chi connectivity index (χ0n) is 8.00. The normalized spacial score (nSPS) is 12.3. The van der Waals surface area contributed by atoms with E-state index in [1.165, 1.54) is 0 Å². The summed E-state index contributed by atoms with van der Waals surface area (Å²) in [6.45, 7) is 1.92. The lowest BCUT2D eigenvalue weighted by Crippen LogP contribution is -1.92. The van der Waals surface area contributed by atoms with Crippen molar-refractivity contribution in [2.24, 2.45) is 0 Å². The maximum absolute atomic E-state index is 5.93. The molecule has 1 rings (SSSR count). The summed E-state index contributed by atoms with van der Waals surface area (Å²) in [5, 5.41) is -0.0141. The van der Waals surface area contributed by atoms with E-state index in [0.717, 1.165) is 11.3 Å². The molecule has 0 radical (unpaired) electrons. The summed E-state index contributed by atoms with van der Waals surface area (Å²) < 4.78 is 10.2. The van der Waals surface area contributed by atoms with Crippen molar-refractivity contribution in [3.05, 3.63) is 23.8 Å². The van der Waals surface area contributed by atoms with E-state index in [9.17, 15) is 0 Å². The summed E-state index contributed by atoms with van der Waals surface area (Å²) in [6.07, 6.45) is 0. The minimum absolute atomic E-state index is 0.0141. The van der Waals surface area contributed by atoms with Gasteiger partial charge in [0.2, 0.25) is 0 Å². The summed E-state index contributed by atoms with van der Waals surface area (Å²) in [7, 11) is 3.22. The van der Waals surface area contributed by atoms with Gasteiger partial charge in [-0.1, -0.05) is 6.07 Å². The first-order valence-electron chi connectivity index (χ1n) is 4.05. The van der Waals surface area contributed by atoms with E-state index < -0.39 is 0 Å². The van der Waals surface area contributed by atoms with Crippen molar-refractivity contribution in [3.63, 3.8) is 0 Å². The van der Waals surface area contributed by atoms with E-state index in [1.807, 2.05) is 25.1 Å². The van der Waals surface area contributed by atoms with Crippen LogP contribution < -0.4 is 9.47 Å². The second-order valence-corrected chi connectivity index (χ2v) is 3.39. The van der Waals surface area contributed by atoms with E-state index >= 15 is 0 Å². The Hall–Kier alpha value is -0.890. The maximum Gasteiger partial charge on any atom is 0.161 e. The molecule has 1 aromatic rings. The molecule has 0 bridgehead atoms. The fourth-order valence-corrected chi connectivity index (χ4v) is 1.24. The van der Waals surface area contributed by atoms with Crippen LogP contribution in [0.1, 0.15) is 17.9 Å². The van der Waals surface area contributed by atoms with Crippen LogP contribution in [-0.4, -0.2) is 14.2 Å². The summed E-state index contributed by atoms with van der Waals surface area (Å²) in [5.41, 5.74) is 1.03. The number of rotatable bonds is 3. The van der Waals surface area contributed by atoms with E-state index in [2.05, 4.69) is 0 Å². The van der Waals surface area contributed by atoms with E-state index in [0.29, 0.717) is 5.75 Å². The fourth-order valence-electron chi connectivity index (χ4n) is 1.10. The second-order valence-electron chi connectivity index (χ2n) is 2.73. The Morgan fingerprint density at radius 2 is 1.77 bits per heavy atom.